The van der Waals surface area contributed by atoms with E-state index in [0.717, 1.165) is 11.1 Å². The summed E-state index contributed by atoms with van der Waals surface area (Å²) >= 11 is 6.73. The first kappa shape index (κ1) is 24.4. The average Bonchev–Trinajstić information content (AvgIpc) is 3.07. The summed E-state index contributed by atoms with van der Waals surface area (Å²) < 4.78 is 66.0. The van der Waals surface area contributed by atoms with Crippen LogP contribution < -0.4 is 4.74 Å². The van der Waals surface area contributed by atoms with Gasteiger partial charge in [0.05, 0.1) is 11.3 Å². The molecule has 0 N–H and O–H groups in total. The van der Waals surface area contributed by atoms with Crippen LogP contribution >= 0.6 is 31.9 Å². The third-order valence-electron chi connectivity index (χ3n) is 4.44. The highest BCUT2D eigenvalue weighted by atomic mass is 79.9. The van der Waals surface area contributed by atoms with Gasteiger partial charge in [-0.2, -0.15) is 0 Å². The second-order valence-electron chi connectivity index (χ2n) is 6.72. The van der Waals surface area contributed by atoms with Crippen molar-refractivity contribution < 1.29 is 26.7 Å². The van der Waals surface area contributed by atoms with Crippen LogP contribution in [0.15, 0.2) is 77.8 Å². The minimum absolute atomic E-state index is 0.0521. The first-order valence-corrected chi connectivity index (χ1v) is 10.9. The molecule has 0 unspecified atom stereocenters. The summed E-state index contributed by atoms with van der Waals surface area (Å²) in [6, 6.07) is 19.0. The van der Waals surface area contributed by atoms with Crippen molar-refractivity contribution in [1.29, 1.82) is 0 Å². The fourth-order valence-electron chi connectivity index (χ4n) is 3.01. The van der Waals surface area contributed by atoms with Crippen LogP contribution in [0.2, 0.25) is 0 Å². The van der Waals surface area contributed by atoms with Gasteiger partial charge in [0.1, 0.15) is 20.6 Å². The highest BCUT2D eigenvalue weighted by Gasteiger charge is 2.37. The van der Waals surface area contributed by atoms with Crippen LogP contribution in [-0.4, -0.2) is 21.9 Å². The Labute approximate surface area is 198 Å². The number of rotatable bonds is 3. The van der Waals surface area contributed by atoms with Crippen molar-refractivity contribution in [1.82, 2.24) is 0 Å². The molecule has 4 rings (SSSR count). The molecule has 0 amide bonds. The van der Waals surface area contributed by atoms with E-state index in [0.29, 0.717) is 18.7 Å². The van der Waals surface area contributed by atoms with Gasteiger partial charge in [-0.15, -0.1) is 13.2 Å². The highest BCUT2D eigenvalue weighted by Crippen LogP contribution is 2.39. The monoisotopic (exact) mass is 575 g/mol. The number of halogens is 7. The summed E-state index contributed by atoms with van der Waals surface area (Å²) in [6.45, 7) is 0.555. The Hall–Kier alpha value is -2.26. The van der Waals surface area contributed by atoms with Crippen molar-refractivity contribution >= 4 is 37.6 Å². The molecule has 32 heavy (non-hydrogen) atoms. The fourth-order valence-corrected chi connectivity index (χ4v) is 4.01. The smallest absolute Gasteiger partial charge is 0.406 e. The number of nitrogens with zero attached hydrogens (tertiary/aromatic N) is 1. The topological polar surface area (TPSA) is 21.6 Å². The number of ether oxygens (including phenoxy) is 1. The minimum Gasteiger partial charge on any atom is -0.406 e. The molecule has 1 heterocycles. The lowest BCUT2D eigenvalue weighted by atomic mass is 10.1. The number of aliphatic imine (C=N–C) groups is 1. The standard InChI is InChI=1S/C13H9F3O.C10H7Br2F2N/c14-13(15,16)17-12-8-6-11(7-9-12)10-4-2-1-3-5-10;11-10(12)4-5-15-9(10)8-6(13)2-1-3-7(8)14/h1-9H;1-3H,4-5H2. The van der Waals surface area contributed by atoms with Crippen LogP contribution in [0, 0.1) is 11.6 Å². The average molecular weight is 577 g/mol. The molecule has 0 fully saturated rings. The maximum absolute atomic E-state index is 13.5. The zero-order valence-electron chi connectivity index (χ0n) is 16.3. The largest absolute Gasteiger partial charge is 0.573 e. The first-order chi connectivity index (χ1) is 15.1. The number of hydrogen-bond donors (Lipinski definition) is 0. The van der Waals surface area contributed by atoms with Crippen LogP contribution in [-0.2, 0) is 0 Å². The maximum atomic E-state index is 13.5. The molecular formula is C23H16Br2F5NO. The summed E-state index contributed by atoms with van der Waals surface area (Å²) in [6.07, 6.45) is -3.97. The van der Waals surface area contributed by atoms with E-state index in [2.05, 4.69) is 41.6 Å². The zero-order valence-corrected chi connectivity index (χ0v) is 19.5. The Kier molecular flexibility index (Phi) is 7.71. The molecule has 2 nitrogen and oxygen atoms in total. The van der Waals surface area contributed by atoms with Crippen molar-refractivity contribution in [2.24, 2.45) is 4.99 Å². The lowest BCUT2D eigenvalue weighted by Crippen LogP contribution is -2.23. The molecule has 168 valence electrons. The van der Waals surface area contributed by atoms with Gasteiger partial charge in [-0.25, -0.2) is 8.78 Å². The molecule has 0 spiro atoms. The van der Waals surface area contributed by atoms with Crippen molar-refractivity contribution in [2.45, 2.75) is 16.0 Å². The quantitative estimate of drug-likeness (QED) is 0.229. The number of alkyl halides is 5. The predicted octanol–water partition coefficient (Wildman–Crippen LogP) is 7.90. The Morgan fingerprint density at radius 3 is 1.84 bits per heavy atom. The Morgan fingerprint density at radius 2 is 1.34 bits per heavy atom. The van der Waals surface area contributed by atoms with Crippen LogP contribution in [0.5, 0.6) is 5.75 Å². The second kappa shape index (κ2) is 10.1. The number of benzene rings is 3. The summed E-state index contributed by atoms with van der Waals surface area (Å²) in [5, 5.41) is 0. The number of hydrogen-bond acceptors (Lipinski definition) is 2. The molecule has 0 radical (unpaired) electrons. The fraction of sp³-hybridized carbons (Fsp3) is 0.174. The van der Waals surface area contributed by atoms with E-state index in [4.69, 9.17) is 0 Å². The Bertz CT molecular complexity index is 1060. The summed E-state index contributed by atoms with van der Waals surface area (Å²) in [7, 11) is 0. The lowest BCUT2D eigenvalue weighted by molar-refractivity contribution is -0.274. The normalized spacial score (nSPS) is 14.9. The molecule has 0 saturated heterocycles. The Morgan fingerprint density at radius 1 is 0.781 bits per heavy atom. The van der Waals surface area contributed by atoms with Crippen LogP contribution in [0.3, 0.4) is 0 Å². The van der Waals surface area contributed by atoms with E-state index in [9.17, 15) is 22.0 Å². The van der Waals surface area contributed by atoms with Crippen molar-refractivity contribution in [3.63, 3.8) is 0 Å². The summed E-state index contributed by atoms with van der Waals surface area (Å²) in [5.41, 5.74) is 2.13. The van der Waals surface area contributed by atoms with Gasteiger partial charge in [-0.1, -0.05) is 80.4 Å². The van der Waals surface area contributed by atoms with Crippen LogP contribution in [0.25, 0.3) is 11.1 Å². The molecule has 0 saturated carbocycles. The van der Waals surface area contributed by atoms with Crippen molar-refractivity contribution in [3.05, 3.63) is 90.0 Å². The van der Waals surface area contributed by atoms with E-state index in [1.807, 2.05) is 30.3 Å². The minimum atomic E-state index is -4.64. The zero-order chi connectivity index (χ0) is 23.4. The highest BCUT2D eigenvalue weighted by molar-refractivity contribution is 9.26. The molecule has 0 aromatic heterocycles. The predicted molar refractivity (Wildman–Crippen MR) is 122 cm³/mol. The molecule has 0 atom stereocenters. The summed E-state index contributed by atoms with van der Waals surface area (Å²) in [4.78, 5) is 4.12. The molecule has 3 aromatic carbocycles. The van der Waals surface area contributed by atoms with E-state index < -0.39 is 21.2 Å². The van der Waals surface area contributed by atoms with Gasteiger partial charge in [-0.05, 0) is 41.8 Å². The molecule has 0 aliphatic carbocycles. The maximum Gasteiger partial charge on any atom is 0.573 e. The third kappa shape index (κ3) is 6.38. The molecular weight excluding hydrogens is 561 g/mol. The second-order valence-corrected chi connectivity index (χ2v) is 10.5. The molecule has 1 aliphatic rings. The molecule has 3 aromatic rings. The van der Waals surface area contributed by atoms with Gasteiger partial charge < -0.3 is 4.74 Å². The van der Waals surface area contributed by atoms with Crippen LogP contribution in [0.1, 0.15) is 12.0 Å². The first-order valence-electron chi connectivity index (χ1n) is 9.35. The van der Waals surface area contributed by atoms with Gasteiger partial charge >= 0.3 is 6.36 Å². The van der Waals surface area contributed by atoms with E-state index in [1.54, 1.807) is 12.1 Å². The van der Waals surface area contributed by atoms with Gasteiger partial charge in [-0.3, -0.25) is 4.99 Å². The summed E-state index contributed by atoms with van der Waals surface area (Å²) in [5.74, 6) is -1.38. The van der Waals surface area contributed by atoms with Gasteiger partial charge in [0.25, 0.3) is 0 Å². The third-order valence-corrected chi connectivity index (χ3v) is 5.98. The van der Waals surface area contributed by atoms with Crippen LogP contribution in [0.4, 0.5) is 22.0 Å². The van der Waals surface area contributed by atoms with Gasteiger partial charge in [0.15, 0.2) is 0 Å². The van der Waals surface area contributed by atoms with Gasteiger partial charge in [0.2, 0.25) is 0 Å². The van der Waals surface area contributed by atoms with E-state index in [-0.39, 0.29) is 11.3 Å². The Balaban J connectivity index is 0.000000182. The van der Waals surface area contributed by atoms with E-state index in [1.165, 1.54) is 30.3 Å². The van der Waals surface area contributed by atoms with Crippen molar-refractivity contribution in [2.75, 3.05) is 6.54 Å². The van der Waals surface area contributed by atoms with E-state index >= 15 is 0 Å². The van der Waals surface area contributed by atoms with Gasteiger partial charge in [0, 0.05) is 6.54 Å². The molecule has 9 heteroatoms. The lowest BCUT2D eigenvalue weighted by Gasteiger charge is -2.16. The molecule has 0 bridgehead atoms. The SMILES string of the molecule is FC(F)(F)Oc1ccc(-c2ccccc2)cc1.Fc1cccc(F)c1C1=NCCC1(Br)Br. The molecule has 1 aliphatic heterocycles. The van der Waals surface area contributed by atoms with Crippen molar-refractivity contribution in [3.8, 4) is 16.9 Å².